The second-order valence-electron chi connectivity index (χ2n) is 4.96. The normalized spacial score (nSPS) is 10.4. The van der Waals surface area contributed by atoms with Crippen LogP contribution in [0.15, 0.2) is 0 Å². The Kier molecular flexibility index (Phi) is 15.8. The summed E-state index contributed by atoms with van der Waals surface area (Å²) in [5.74, 6) is 0.433. The molecule has 0 saturated carbocycles. The summed E-state index contributed by atoms with van der Waals surface area (Å²) in [7, 11) is 4.03. The van der Waals surface area contributed by atoms with E-state index in [2.05, 4.69) is 11.8 Å². The maximum atomic E-state index is 11.5. The maximum absolute atomic E-state index is 11.5. The van der Waals surface area contributed by atoms with E-state index in [9.17, 15) is 4.79 Å². The van der Waals surface area contributed by atoms with Crippen LogP contribution in [0.1, 0.15) is 64.7 Å². The van der Waals surface area contributed by atoms with Gasteiger partial charge in [-0.15, -0.1) is 12.4 Å². The van der Waals surface area contributed by atoms with Crippen molar-refractivity contribution >= 4 is 18.2 Å². The van der Waals surface area contributed by atoms with Crippen molar-refractivity contribution in [3.63, 3.8) is 0 Å². The number of hydrogen-bond acceptors (Lipinski definition) is 2. The summed E-state index contributed by atoms with van der Waals surface area (Å²) in [4.78, 5) is 13.5. The van der Waals surface area contributed by atoms with Gasteiger partial charge in [0.05, 0.1) is 0 Å². The molecule has 0 aliphatic rings. The topological polar surface area (TPSA) is 20.3 Å². The smallest absolute Gasteiger partial charge is 0.134 e. The van der Waals surface area contributed by atoms with Crippen LogP contribution in [0.2, 0.25) is 0 Å². The molecule has 0 aromatic carbocycles. The van der Waals surface area contributed by atoms with Crippen LogP contribution in [0.3, 0.4) is 0 Å². The monoisotopic (exact) mass is 263 g/mol. The first-order chi connectivity index (χ1) is 7.66. The third-order valence-electron chi connectivity index (χ3n) is 2.90. The molecule has 0 radical (unpaired) electrons. The molecule has 3 heteroatoms. The quantitative estimate of drug-likeness (QED) is 0.524. The lowest BCUT2D eigenvalue weighted by atomic mass is 10.1. The molecule has 0 heterocycles. The zero-order valence-electron chi connectivity index (χ0n) is 11.8. The van der Waals surface area contributed by atoms with E-state index in [0.717, 1.165) is 25.8 Å². The average molecular weight is 264 g/mol. The van der Waals surface area contributed by atoms with Crippen LogP contribution in [0.5, 0.6) is 0 Å². The van der Waals surface area contributed by atoms with Crippen molar-refractivity contribution in [3.05, 3.63) is 0 Å². The van der Waals surface area contributed by atoms with Gasteiger partial charge in [0, 0.05) is 19.4 Å². The Balaban J connectivity index is 0. The van der Waals surface area contributed by atoms with Gasteiger partial charge in [0.15, 0.2) is 0 Å². The Hall–Kier alpha value is -0.0800. The van der Waals surface area contributed by atoms with Gasteiger partial charge in [-0.3, -0.25) is 4.79 Å². The lowest BCUT2D eigenvalue weighted by Crippen LogP contribution is -2.16. The van der Waals surface area contributed by atoms with Gasteiger partial charge in [-0.25, -0.2) is 0 Å². The molecule has 17 heavy (non-hydrogen) atoms. The molecule has 0 amide bonds. The lowest BCUT2D eigenvalue weighted by Gasteiger charge is -2.08. The van der Waals surface area contributed by atoms with Crippen LogP contribution in [0.4, 0.5) is 0 Å². The van der Waals surface area contributed by atoms with Gasteiger partial charge in [-0.1, -0.05) is 45.4 Å². The first-order valence-electron chi connectivity index (χ1n) is 6.83. The molecule has 2 nitrogen and oxygen atoms in total. The fourth-order valence-corrected chi connectivity index (χ4v) is 1.75. The number of ketones is 1. The van der Waals surface area contributed by atoms with Crippen molar-refractivity contribution in [1.29, 1.82) is 0 Å². The Bertz CT molecular complexity index is 172. The van der Waals surface area contributed by atoms with E-state index < -0.39 is 0 Å². The zero-order valence-corrected chi connectivity index (χ0v) is 12.7. The van der Waals surface area contributed by atoms with Crippen molar-refractivity contribution < 1.29 is 4.79 Å². The van der Waals surface area contributed by atoms with Crippen LogP contribution < -0.4 is 0 Å². The van der Waals surface area contributed by atoms with E-state index in [1.807, 2.05) is 14.1 Å². The van der Waals surface area contributed by atoms with E-state index in [-0.39, 0.29) is 12.4 Å². The van der Waals surface area contributed by atoms with Gasteiger partial charge in [0.1, 0.15) is 5.78 Å². The predicted molar refractivity (Wildman–Crippen MR) is 78.0 cm³/mol. The minimum atomic E-state index is 0. The second kappa shape index (κ2) is 14.0. The number of nitrogens with zero attached hydrogens (tertiary/aromatic N) is 1. The standard InChI is InChI=1S/C14H29NO.ClH/c1-4-5-6-7-8-9-10-11-14(16)12-13-15(2)3;/h4-13H2,1-3H3;1H. The third-order valence-corrected chi connectivity index (χ3v) is 2.90. The summed E-state index contributed by atoms with van der Waals surface area (Å²) in [6.07, 6.45) is 10.5. The van der Waals surface area contributed by atoms with Crippen LogP contribution in [-0.4, -0.2) is 31.3 Å². The highest BCUT2D eigenvalue weighted by Crippen LogP contribution is 2.09. The molecule has 0 aromatic heterocycles. The molecule has 0 spiro atoms. The summed E-state index contributed by atoms with van der Waals surface area (Å²) in [6, 6.07) is 0. The van der Waals surface area contributed by atoms with Gasteiger partial charge >= 0.3 is 0 Å². The van der Waals surface area contributed by atoms with Crippen molar-refractivity contribution in [3.8, 4) is 0 Å². The Morgan fingerprint density at radius 1 is 0.882 bits per heavy atom. The van der Waals surface area contributed by atoms with E-state index in [4.69, 9.17) is 0 Å². The highest BCUT2D eigenvalue weighted by Gasteiger charge is 2.02. The van der Waals surface area contributed by atoms with Gasteiger partial charge in [0.2, 0.25) is 0 Å². The molecule has 0 N–H and O–H groups in total. The number of carbonyl (C=O) groups is 1. The highest BCUT2D eigenvalue weighted by molar-refractivity contribution is 5.85. The van der Waals surface area contributed by atoms with Crippen LogP contribution >= 0.6 is 12.4 Å². The molecule has 0 unspecified atom stereocenters. The lowest BCUT2D eigenvalue weighted by molar-refractivity contribution is -0.119. The Labute approximate surface area is 114 Å². The van der Waals surface area contributed by atoms with Crippen molar-refractivity contribution in [2.75, 3.05) is 20.6 Å². The molecule has 0 aliphatic carbocycles. The molecule has 0 fully saturated rings. The van der Waals surface area contributed by atoms with E-state index in [1.54, 1.807) is 0 Å². The summed E-state index contributed by atoms with van der Waals surface area (Å²) < 4.78 is 0. The van der Waals surface area contributed by atoms with Crippen molar-refractivity contribution in [2.24, 2.45) is 0 Å². The predicted octanol–water partition coefficient (Wildman–Crippen LogP) is 4.07. The minimum absolute atomic E-state index is 0. The molecule has 104 valence electrons. The van der Waals surface area contributed by atoms with Gasteiger partial charge in [-0.2, -0.15) is 0 Å². The van der Waals surface area contributed by atoms with Gasteiger partial charge < -0.3 is 4.90 Å². The summed E-state index contributed by atoms with van der Waals surface area (Å²) in [5, 5.41) is 0. The van der Waals surface area contributed by atoms with E-state index >= 15 is 0 Å². The fourth-order valence-electron chi connectivity index (χ4n) is 1.75. The highest BCUT2D eigenvalue weighted by atomic mass is 35.5. The number of hydrogen-bond donors (Lipinski definition) is 0. The largest absolute Gasteiger partial charge is 0.309 e. The average Bonchev–Trinajstić information content (AvgIpc) is 2.25. The molecule has 0 atom stereocenters. The van der Waals surface area contributed by atoms with E-state index in [0.29, 0.717) is 5.78 Å². The number of rotatable bonds is 11. The molecule has 0 aliphatic heterocycles. The van der Waals surface area contributed by atoms with Crippen molar-refractivity contribution in [2.45, 2.75) is 64.7 Å². The molecule has 0 aromatic rings. The van der Waals surface area contributed by atoms with E-state index in [1.165, 1.54) is 38.5 Å². The third kappa shape index (κ3) is 15.9. The maximum Gasteiger partial charge on any atom is 0.134 e. The second-order valence-corrected chi connectivity index (χ2v) is 4.96. The number of Topliss-reactive ketones (excluding diaryl/α,β-unsaturated/α-hetero) is 1. The zero-order chi connectivity index (χ0) is 12.2. The summed E-state index contributed by atoms with van der Waals surface area (Å²) in [5.41, 5.74) is 0. The number of carbonyl (C=O) groups excluding carboxylic acids is 1. The molecular formula is C14H30ClNO. The van der Waals surface area contributed by atoms with Gasteiger partial charge in [-0.05, 0) is 20.5 Å². The van der Waals surface area contributed by atoms with Crippen LogP contribution in [0.25, 0.3) is 0 Å². The fraction of sp³-hybridized carbons (Fsp3) is 0.929. The molecule has 0 saturated heterocycles. The number of halogens is 1. The number of unbranched alkanes of at least 4 members (excludes halogenated alkanes) is 6. The van der Waals surface area contributed by atoms with Crippen LogP contribution in [0, 0.1) is 0 Å². The SMILES string of the molecule is CCCCCCCCCC(=O)CCN(C)C.Cl. The Morgan fingerprint density at radius 3 is 1.94 bits per heavy atom. The summed E-state index contributed by atoms with van der Waals surface area (Å²) >= 11 is 0. The van der Waals surface area contributed by atoms with Crippen LogP contribution in [-0.2, 0) is 4.79 Å². The summed E-state index contributed by atoms with van der Waals surface area (Å²) in [6.45, 7) is 3.14. The molecule has 0 rings (SSSR count). The minimum Gasteiger partial charge on any atom is -0.309 e. The molecular weight excluding hydrogens is 234 g/mol. The van der Waals surface area contributed by atoms with Gasteiger partial charge in [0.25, 0.3) is 0 Å². The Morgan fingerprint density at radius 2 is 1.41 bits per heavy atom. The molecule has 0 bridgehead atoms. The van der Waals surface area contributed by atoms with Crippen molar-refractivity contribution in [1.82, 2.24) is 4.90 Å². The first-order valence-corrected chi connectivity index (χ1v) is 6.83. The first kappa shape index (κ1) is 19.3.